The molecule has 1 N–H and O–H groups in total. The van der Waals surface area contributed by atoms with Crippen LogP contribution in [0.2, 0.25) is 0 Å². The van der Waals surface area contributed by atoms with Crippen LogP contribution in [0.5, 0.6) is 0 Å². The van der Waals surface area contributed by atoms with Crippen molar-refractivity contribution in [3.8, 4) is 0 Å². The van der Waals surface area contributed by atoms with Crippen LogP contribution < -0.4 is 0 Å². The Morgan fingerprint density at radius 3 is 2.96 bits per heavy atom. The number of amides is 1. The minimum absolute atomic E-state index is 0.132. The third-order valence-electron chi connectivity index (χ3n) is 4.73. The fraction of sp³-hybridized carbons (Fsp3) is 0.412. The summed E-state index contributed by atoms with van der Waals surface area (Å²) in [5.74, 6) is -1.01. The summed E-state index contributed by atoms with van der Waals surface area (Å²) in [6.07, 6.45) is 0.346. The molecule has 0 unspecified atom stereocenters. The lowest BCUT2D eigenvalue weighted by molar-refractivity contribution is -0.162. The van der Waals surface area contributed by atoms with E-state index in [4.69, 9.17) is 0 Å². The van der Waals surface area contributed by atoms with Crippen LogP contribution in [0.3, 0.4) is 0 Å². The lowest BCUT2D eigenvalue weighted by atomic mass is 9.91. The first-order valence-corrected chi connectivity index (χ1v) is 8.33. The monoisotopic (exact) mass is 363 g/mol. The van der Waals surface area contributed by atoms with Gasteiger partial charge in [0.05, 0.1) is 17.4 Å². The molecule has 6 nitrogen and oxygen atoms in total. The zero-order valence-electron chi connectivity index (χ0n) is 13.8. The van der Waals surface area contributed by atoms with Crippen molar-refractivity contribution in [1.29, 1.82) is 0 Å². The van der Waals surface area contributed by atoms with Gasteiger partial charge in [-0.05, 0) is 18.9 Å². The van der Waals surface area contributed by atoms with Gasteiger partial charge >= 0.3 is 6.18 Å². The van der Waals surface area contributed by atoms with Gasteiger partial charge in [0.1, 0.15) is 18.4 Å². The van der Waals surface area contributed by atoms with E-state index in [9.17, 15) is 18.0 Å². The summed E-state index contributed by atoms with van der Waals surface area (Å²) in [4.78, 5) is 29.3. The van der Waals surface area contributed by atoms with Gasteiger partial charge in [0.25, 0.3) is 0 Å². The van der Waals surface area contributed by atoms with Crippen molar-refractivity contribution in [1.82, 2.24) is 24.8 Å². The molecule has 0 bridgehead atoms. The highest BCUT2D eigenvalue weighted by molar-refractivity contribution is 6.04. The molecule has 9 heteroatoms. The smallest absolute Gasteiger partial charge is 0.346 e. The molecule has 0 saturated carbocycles. The number of likely N-dealkylation sites (tertiary alicyclic amines) is 1. The van der Waals surface area contributed by atoms with Crippen LogP contribution in [-0.4, -0.2) is 50.0 Å². The number of carbonyl (C=O) groups is 1. The zero-order valence-corrected chi connectivity index (χ0v) is 13.8. The summed E-state index contributed by atoms with van der Waals surface area (Å²) in [5, 5.41) is 1.71. The standard InChI is InChI=1S/C17H16F3N5O/c18-17(19,20)6-13(26)25-5-1-2-10(8-25)15-14-11-3-4-21-16(11)22-7-12(14)23-9-24-15/h3-4,7,9-10H,1-2,5-6,8H2,(H,21,22)/t10-/m1/s1. The predicted molar refractivity (Wildman–Crippen MR) is 88.4 cm³/mol. The predicted octanol–water partition coefficient (Wildman–Crippen LogP) is 3.16. The second-order valence-electron chi connectivity index (χ2n) is 6.49. The first-order valence-electron chi connectivity index (χ1n) is 8.33. The summed E-state index contributed by atoms with van der Waals surface area (Å²) in [6, 6.07) is 1.88. The van der Waals surface area contributed by atoms with Crippen LogP contribution in [0.25, 0.3) is 21.9 Å². The van der Waals surface area contributed by atoms with Crippen LogP contribution in [0.1, 0.15) is 30.9 Å². The molecule has 3 aromatic rings. The largest absolute Gasteiger partial charge is 0.397 e. The van der Waals surface area contributed by atoms with Crippen molar-refractivity contribution < 1.29 is 18.0 Å². The van der Waals surface area contributed by atoms with Gasteiger partial charge in [-0.2, -0.15) is 13.2 Å². The van der Waals surface area contributed by atoms with E-state index in [0.29, 0.717) is 24.1 Å². The highest BCUT2D eigenvalue weighted by atomic mass is 19.4. The summed E-state index contributed by atoms with van der Waals surface area (Å²) >= 11 is 0. The Morgan fingerprint density at radius 1 is 1.31 bits per heavy atom. The molecule has 136 valence electrons. The van der Waals surface area contributed by atoms with Crippen LogP contribution in [-0.2, 0) is 4.79 Å². The SMILES string of the molecule is O=C(CC(F)(F)F)N1CCC[C@@H](c2ncnc3cnc4[nH]ccc4c23)C1. The molecule has 0 radical (unpaired) electrons. The Labute approximate surface area is 146 Å². The fourth-order valence-corrected chi connectivity index (χ4v) is 3.60. The molecule has 0 aromatic carbocycles. The van der Waals surface area contributed by atoms with Gasteiger partial charge in [0.2, 0.25) is 5.91 Å². The van der Waals surface area contributed by atoms with E-state index in [-0.39, 0.29) is 12.5 Å². The Hall–Kier alpha value is -2.71. The van der Waals surface area contributed by atoms with Gasteiger partial charge in [0.15, 0.2) is 0 Å². The molecule has 1 aliphatic rings. The van der Waals surface area contributed by atoms with Crippen molar-refractivity contribution in [2.24, 2.45) is 0 Å². The molecule has 1 amide bonds. The molecule has 1 atom stereocenters. The van der Waals surface area contributed by atoms with Gasteiger partial charge in [-0.3, -0.25) is 4.79 Å². The third kappa shape index (κ3) is 3.09. The lowest BCUT2D eigenvalue weighted by Gasteiger charge is -2.33. The number of hydrogen-bond acceptors (Lipinski definition) is 4. The third-order valence-corrected chi connectivity index (χ3v) is 4.73. The molecular formula is C17H16F3N5O. The average Bonchev–Trinajstić information content (AvgIpc) is 3.09. The molecule has 1 saturated heterocycles. The number of nitrogens with one attached hydrogen (secondary N) is 1. The quantitative estimate of drug-likeness (QED) is 0.759. The second-order valence-corrected chi connectivity index (χ2v) is 6.49. The van der Waals surface area contributed by atoms with Gasteiger partial charge in [0, 0.05) is 36.0 Å². The van der Waals surface area contributed by atoms with Crippen LogP contribution in [0.15, 0.2) is 24.8 Å². The van der Waals surface area contributed by atoms with Crippen LogP contribution >= 0.6 is 0 Å². The summed E-state index contributed by atoms with van der Waals surface area (Å²) in [7, 11) is 0. The van der Waals surface area contributed by atoms with E-state index in [0.717, 1.165) is 22.9 Å². The van der Waals surface area contributed by atoms with Crippen LogP contribution in [0, 0.1) is 0 Å². The summed E-state index contributed by atoms with van der Waals surface area (Å²) < 4.78 is 37.6. The number of nitrogens with zero attached hydrogens (tertiary/aromatic N) is 4. The van der Waals surface area contributed by atoms with E-state index in [2.05, 4.69) is 19.9 Å². The maximum Gasteiger partial charge on any atom is 0.397 e. The zero-order chi connectivity index (χ0) is 18.3. The Balaban J connectivity index is 1.69. The highest BCUT2D eigenvalue weighted by Crippen LogP contribution is 2.33. The summed E-state index contributed by atoms with van der Waals surface area (Å²) in [5.41, 5.74) is 2.14. The molecular weight excluding hydrogens is 347 g/mol. The maximum absolute atomic E-state index is 12.5. The Bertz CT molecular complexity index is 968. The second kappa shape index (κ2) is 6.22. The molecule has 26 heavy (non-hydrogen) atoms. The lowest BCUT2D eigenvalue weighted by Crippen LogP contribution is -2.41. The maximum atomic E-state index is 12.5. The summed E-state index contributed by atoms with van der Waals surface area (Å²) in [6.45, 7) is 0.574. The molecule has 3 aromatic heterocycles. The Kier molecular flexibility index (Phi) is 4.01. The van der Waals surface area contributed by atoms with E-state index < -0.39 is 18.5 Å². The number of aromatic nitrogens is 4. The Morgan fingerprint density at radius 2 is 2.15 bits per heavy atom. The van der Waals surface area contributed by atoms with Gasteiger partial charge in [-0.1, -0.05) is 0 Å². The number of halogens is 3. The van der Waals surface area contributed by atoms with Gasteiger partial charge in [-0.15, -0.1) is 0 Å². The molecule has 0 spiro atoms. The van der Waals surface area contributed by atoms with E-state index in [1.54, 1.807) is 12.4 Å². The number of carbonyl (C=O) groups excluding carboxylic acids is 1. The first kappa shape index (κ1) is 16.7. The number of piperidine rings is 1. The fourth-order valence-electron chi connectivity index (χ4n) is 3.60. The average molecular weight is 363 g/mol. The van der Waals surface area contributed by atoms with Gasteiger partial charge in [-0.25, -0.2) is 15.0 Å². The topological polar surface area (TPSA) is 74.8 Å². The number of rotatable bonds is 2. The van der Waals surface area contributed by atoms with E-state index >= 15 is 0 Å². The molecule has 0 aliphatic carbocycles. The van der Waals surface area contributed by atoms with Crippen molar-refractivity contribution >= 4 is 27.8 Å². The van der Waals surface area contributed by atoms with Crippen LogP contribution in [0.4, 0.5) is 13.2 Å². The number of H-pyrrole nitrogens is 1. The highest BCUT2D eigenvalue weighted by Gasteiger charge is 2.35. The number of pyridine rings is 1. The number of fused-ring (bicyclic) bond motifs is 3. The normalized spacial score (nSPS) is 18.6. The van der Waals surface area contributed by atoms with Crippen molar-refractivity contribution in [3.05, 3.63) is 30.5 Å². The molecule has 4 heterocycles. The van der Waals surface area contributed by atoms with E-state index in [1.165, 1.54) is 11.2 Å². The number of aromatic amines is 1. The van der Waals surface area contributed by atoms with Crippen molar-refractivity contribution in [2.75, 3.05) is 13.1 Å². The molecule has 4 rings (SSSR count). The van der Waals surface area contributed by atoms with Gasteiger partial charge < -0.3 is 9.88 Å². The molecule has 1 fully saturated rings. The van der Waals surface area contributed by atoms with Crippen molar-refractivity contribution in [3.63, 3.8) is 0 Å². The minimum Gasteiger partial charge on any atom is -0.346 e. The van der Waals surface area contributed by atoms with Crippen molar-refractivity contribution in [2.45, 2.75) is 31.4 Å². The minimum atomic E-state index is -4.49. The number of hydrogen-bond donors (Lipinski definition) is 1. The molecule has 1 aliphatic heterocycles. The number of alkyl halides is 3. The van der Waals surface area contributed by atoms with E-state index in [1.807, 2.05) is 6.07 Å². The first-order chi connectivity index (χ1) is 12.4.